The number of rotatable bonds is 1. The highest BCUT2D eigenvalue weighted by atomic mass is 32.2. The lowest BCUT2D eigenvalue weighted by Crippen LogP contribution is -2.50. The Kier molecular flexibility index (Phi) is 2.79. The fourth-order valence-electron chi connectivity index (χ4n) is 3.06. The molecule has 8 nitrogen and oxygen atoms in total. The van der Waals surface area contributed by atoms with Crippen molar-refractivity contribution in [2.45, 2.75) is 18.4 Å². The van der Waals surface area contributed by atoms with Crippen LogP contribution in [0, 0.1) is 5.92 Å². The second-order valence-corrected chi connectivity index (χ2v) is 7.83. The summed E-state index contributed by atoms with van der Waals surface area (Å²) in [6, 6.07) is -0.548. The van der Waals surface area contributed by atoms with E-state index in [-0.39, 0.29) is 24.0 Å². The molecule has 0 aliphatic carbocycles. The number of hydrogen-bond acceptors (Lipinski definition) is 5. The minimum absolute atomic E-state index is 0.0413. The summed E-state index contributed by atoms with van der Waals surface area (Å²) >= 11 is 0. The molecular weight excluding hydrogens is 286 g/mol. The molecule has 1 spiro atoms. The van der Waals surface area contributed by atoms with Crippen LogP contribution in [0.3, 0.4) is 0 Å². The van der Waals surface area contributed by atoms with E-state index in [1.165, 1.54) is 4.90 Å². The normalized spacial score (nSPS) is 35.4. The Morgan fingerprint density at radius 1 is 1.35 bits per heavy atom. The summed E-state index contributed by atoms with van der Waals surface area (Å²) in [5.74, 6) is -1.25. The molecule has 0 aromatic rings. The predicted octanol–water partition coefficient (Wildman–Crippen LogP) is -1.77. The first-order chi connectivity index (χ1) is 9.31. The van der Waals surface area contributed by atoms with E-state index in [2.05, 4.69) is 10.6 Å². The number of nitrogens with one attached hydrogen (secondary N) is 2. The molecule has 0 aromatic heterocycles. The van der Waals surface area contributed by atoms with Crippen LogP contribution in [0.2, 0.25) is 0 Å². The Bertz CT molecular complexity index is 601. The first-order valence-electron chi connectivity index (χ1n) is 6.44. The smallest absolute Gasteiger partial charge is 0.322 e. The number of imide groups is 1. The van der Waals surface area contributed by atoms with Crippen LogP contribution in [-0.2, 0) is 19.4 Å². The van der Waals surface area contributed by atoms with Gasteiger partial charge >= 0.3 is 6.03 Å². The molecule has 3 fully saturated rings. The first-order valence-corrected chi connectivity index (χ1v) is 8.26. The third-order valence-electron chi connectivity index (χ3n) is 4.18. The minimum Gasteiger partial charge on any atom is -0.339 e. The molecule has 0 bridgehead atoms. The Morgan fingerprint density at radius 3 is 2.65 bits per heavy atom. The molecule has 9 heteroatoms. The fourth-order valence-corrected chi connectivity index (χ4v) is 4.79. The molecule has 4 amide bonds. The van der Waals surface area contributed by atoms with Crippen molar-refractivity contribution in [3.8, 4) is 0 Å². The van der Waals surface area contributed by atoms with Crippen LogP contribution in [0.4, 0.5) is 4.79 Å². The monoisotopic (exact) mass is 301 g/mol. The number of nitrogens with zero attached hydrogens (tertiary/aromatic N) is 1. The topological polar surface area (TPSA) is 113 Å². The van der Waals surface area contributed by atoms with Crippen molar-refractivity contribution in [2.24, 2.45) is 5.92 Å². The zero-order chi connectivity index (χ0) is 14.5. The van der Waals surface area contributed by atoms with Crippen LogP contribution < -0.4 is 10.6 Å². The van der Waals surface area contributed by atoms with Crippen LogP contribution in [0.5, 0.6) is 0 Å². The molecule has 3 heterocycles. The Labute approximate surface area is 115 Å². The van der Waals surface area contributed by atoms with E-state index in [0.717, 1.165) is 0 Å². The van der Waals surface area contributed by atoms with Gasteiger partial charge in [-0.05, 0) is 12.8 Å². The quantitative estimate of drug-likeness (QED) is 0.557. The number of urea groups is 1. The van der Waals surface area contributed by atoms with Gasteiger partial charge in [-0.15, -0.1) is 0 Å². The molecule has 3 saturated heterocycles. The minimum atomic E-state index is -3.11. The van der Waals surface area contributed by atoms with Crippen molar-refractivity contribution in [3.05, 3.63) is 0 Å². The molecule has 3 rings (SSSR count). The number of hydrogen-bond donors (Lipinski definition) is 2. The Hall–Kier alpha value is -1.64. The van der Waals surface area contributed by atoms with Gasteiger partial charge in [-0.1, -0.05) is 0 Å². The molecule has 110 valence electrons. The zero-order valence-corrected chi connectivity index (χ0v) is 11.5. The Morgan fingerprint density at radius 2 is 2.10 bits per heavy atom. The number of carbonyl (C=O) groups excluding carboxylic acids is 3. The van der Waals surface area contributed by atoms with Crippen molar-refractivity contribution in [2.75, 3.05) is 24.6 Å². The molecule has 20 heavy (non-hydrogen) atoms. The number of amides is 4. The zero-order valence-electron chi connectivity index (χ0n) is 10.7. The molecular formula is C11H15N3O5S. The highest BCUT2D eigenvalue weighted by molar-refractivity contribution is 7.91. The van der Waals surface area contributed by atoms with E-state index in [1.807, 2.05) is 0 Å². The lowest BCUT2D eigenvalue weighted by atomic mass is 9.99. The molecule has 0 radical (unpaired) electrons. The van der Waals surface area contributed by atoms with Crippen molar-refractivity contribution < 1.29 is 22.8 Å². The van der Waals surface area contributed by atoms with Crippen LogP contribution in [0.15, 0.2) is 0 Å². The van der Waals surface area contributed by atoms with E-state index in [1.54, 1.807) is 0 Å². The predicted molar refractivity (Wildman–Crippen MR) is 67.4 cm³/mol. The lowest BCUT2D eigenvalue weighted by molar-refractivity contribution is -0.134. The third kappa shape index (κ3) is 2.05. The van der Waals surface area contributed by atoms with Crippen molar-refractivity contribution in [1.29, 1.82) is 0 Å². The summed E-state index contributed by atoms with van der Waals surface area (Å²) in [6.45, 7) is 0.461. The highest BCUT2D eigenvalue weighted by Gasteiger charge is 2.52. The van der Waals surface area contributed by atoms with E-state index in [9.17, 15) is 22.8 Å². The second-order valence-electron chi connectivity index (χ2n) is 5.60. The van der Waals surface area contributed by atoms with Crippen LogP contribution >= 0.6 is 0 Å². The number of likely N-dealkylation sites (tertiary alicyclic amines) is 1. The van der Waals surface area contributed by atoms with E-state index in [4.69, 9.17) is 0 Å². The summed E-state index contributed by atoms with van der Waals surface area (Å²) in [6.07, 6.45) is 0.693. The lowest BCUT2D eigenvalue weighted by Gasteiger charge is -2.22. The molecule has 0 saturated carbocycles. The van der Waals surface area contributed by atoms with Gasteiger partial charge in [-0.25, -0.2) is 13.2 Å². The Balaban J connectivity index is 1.70. The number of carbonyl (C=O) groups is 3. The third-order valence-corrected chi connectivity index (χ3v) is 5.95. The summed E-state index contributed by atoms with van der Waals surface area (Å²) in [5.41, 5.74) is -1.04. The van der Waals surface area contributed by atoms with Crippen molar-refractivity contribution >= 4 is 27.7 Å². The summed E-state index contributed by atoms with van der Waals surface area (Å²) in [5, 5.41) is 4.73. The maximum absolute atomic E-state index is 12.3. The molecule has 2 unspecified atom stereocenters. The van der Waals surface area contributed by atoms with E-state index >= 15 is 0 Å². The highest BCUT2D eigenvalue weighted by Crippen LogP contribution is 2.28. The summed E-state index contributed by atoms with van der Waals surface area (Å²) < 4.78 is 22.8. The van der Waals surface area contributed by atoms with E-state index in [0.29, 0.717) is 19.4 Å². The van der Waals surface area contributed by atoms with Crippen LogP contribution in [0.1, 0.15) is 12.8 Å². The molecule has 2 N–H and O–H groups in total. The van der Waals surface area contributed by atoms with Gasteiger partial charge in [-0.2, -0.15) is 0 Å². The standard InChI is InChI=1S/C11H15N3O5S/c15-8(7-1-4-20(18,19)5-7)14-3-2-11(6-14)9(16)12-10(17)13-11/h7H,1-6H2,(H2,12,13,16,17). The maximum atomic E-state index is 12.3. The van der Waals surface area contributed by atoms with Crippen LogP contribution in [-0.4, -0.2) is 61.3 Å². The SMILES string of the molecule is O=C1NC(=O)C2(CCN(C(=O)C3CCS(=O)(=O)C3)C2)N1. The summed E-state index contributed by atoms with van der Waals surface area (Å²) in [7, 11) is -3.11. The van der Waals surface area contributed by atoms with Gasteiger partial charge < -0.3 is 10.2 Å². The van der Waals surface area contributed by atoms with Gasteiger partial charge in [0.25, 0.3) is 5.91 Å². The molecule has 2 atom stereocenters. The van der Waals surface area contributed by atoms with E-state index < -0.39 is 33.2 Å². The van der Waals surface area contributed by atoms with Gasteiger partial charge in [0.15, 0.2) is 9.84 Å². The van der Waals surface area contributed by atoms with Gasteiger partial charge in [-0.3, -0.25) is 14.9 Å². The van der Waals surface area contributed by atoms with Gasteiger partial charge in [0.05, 0.1) is 24.0 Å². The van der Waals surface area contributed by atoms with Gasteiger partial charge in [0, 0.05) is 6.54 Å². The second kappa shape index (κ2) is 4.18. The number of sulfone groups is 1. The van der Waals surface area contributed by atoms with Gasteiger partial charge in [0.1, 0.15) is 5.54 Å². The van der Waals surface area contributed by atoms with Crippen LogP contribution in [0.25, 0.3) is 0 Å². The average Bonchev–Trinajstić information content (AvgIpc) is 2.99. The average molecular weight is 301 g/mol. The van der Waals surface area contributed by atoms with Crippen molar-refractivity contribution in [3.63, 3.8) is 0 Å². The van der Waals surface area contributed by atoms with Crippen molar-refractivity contribution in [1.82, 2.24) is 15.5 Å². The molecule has 3 aliphatic heterocycles. The molecule has 3 aliphatic rings. The first kappa shape index (κ1) is 13.3. The maximum Gasteiger partial charge on any atom is 0.322 e. The largest absolute Gasteiger partial charge is 0.339 e. The molecule has 0 aromatic carbocycles. The summed E-state index contributed by atoms with van der Waals surface area (Å²) in [4.78, 5) is 36.7. The van der Waals surface area contributed by atoms with Gasteiger partial charge in [0.2, 0.25) is 5.91 Å². The fraction of sp³-hybridized carbons (Fsp3) is 0.727.